The lowest BCUT2D eigenvalue weighted by molar-refractivity contribution is 0.545. The van der Waals surface area contributed by atoms with E-state index in [-0.39, 0.29) is 0 Å². The molecule has 2 aromatic rings. The van der Waals surface area contributed by atoms with Crippen LogP contribution < -0.4 is 5.32 Å². The van der Waals surface area contributed by atoms with Crippen molar-refractivity contribution in [2.45, 2.75) is 25.9 Å². The lowest BCUT2D eigenvalue weighted by Gasteiger charge is -2.12. The van der Waals surface area contributed by atoms with E-state index in [0.29, 0.717) is 6.04 Å². The maximum atomic E-state index is 3.92. The molecule has 1 heterocycles. The number of hydrogen-bond donors (Lipinski definition) is 2. The van der Waals surface area contributed by atoms with Crippen molar-refractivity contribution in [3.8, 4) is 0 Å². The highest BCUT2D eigenvalue weighted by molar-refractivity contribution is 5.15. The second-order valence-corrected chi connectivity index (χ2v) is 4.08. The van der Waals surface area contributed by atoms with E-state index in [4.69, 9.17) is 0 Å². The maximum absolute atomic E-state index is 3.92. The first kappa shape index (κ1) is 10.9. The van der Waals surface area contributed by atoms with Crippen LogP contribution in [0.1, 0.15) is 18.1 Å². The largest absolute Gasteiger partial charge is 0.310 e. The minimum absolute atomic E-state index is 0.470. The van der Waals surface area contributed by atoms with Gasteiger partial charge < -0.3 is 5.32 Å². The zero-order valence-corrected chi connectivity index (χ0v) is 9.48. The van der Waals surface area contributed by atoms with Crippen LogP contribution >= 0.6 is 0 Å². The van der Waals surface area contributed by atoms with E-state index < -0.39 is 0 Å². The van der Waals surface area contributed by atoms with Crippen molar-refractivity contribution in [3.05, 3.63) is 53.9 Å². The summed E-state index contributed by atoms with van der Waals surface area (Å²) < 4.78 is 0. The molecule has 0 bridgehead atoms. The summed E-state index contributed by atoms with van der Waals surface area (Å²) in [4.78, 5) is 0. The van der Waals surface area contributed by atoms with Gasteiger partial charge >= 0.3 is 0 Å². The molecule has 0 spiro atoms. The molecule has 0 fully saturated rings. The monoisotopic (exact) mass is 215 g/mol. The smallest absolute Gasteiger partial charge is 0.0532 e. The summed E-state index contributed by atoms with van der Waals surface area (Å²) in [6, 6.07) is 11.0. The third kappa shape index (κ3) is 3.21. The normalized spacial score (nSPS) is 12.6. The maximum Gasteiger partial charge on any atom is 0.0532 e. The molecule has 84 valence electrons. The summed E-state index contributed by atoms with van der Waals surface area (Å²) in [5.41, 5.74) is 2.56. The van der Waals surface area contributed by atoms with Crippen LogP contribution in [0.25, 0.3) is 0 Å². The highest BCUT2D eigenvalue weighted by Gasteiger charge is 2.02. The Bertz CT molecular complexity index is 394. The van der Waals surface area contributed by atoms with Gasteiger partial charge in [0.05, 0.1) is 6.20 Å². The lowest BCUT2D eigenvalue weighted by atomic mass is 10.1. The molecular weight excluding hydrogens is 198 g/mol. The highest BCUT2D eigenvalue weighted by Crippen LogP contribution is 2.03. The molecule has 1 atom stereocenters. The van der Waals surface area contributed by atoms with E-state index in [9.17, 15) is 0 Å². The van der Waals surface area contributed by atoms with E-state index in [1.54, 1.807) is 0 Å². The van der Waals surface area contributed by atoms with Gasteiger partial charge in [0.1, 0.15) is 0 Å². The van der Waals surface area contributed by atoms with Crippen molar-refractivity contribution in [1.29, 1.82) is 0 Å². The molecule has 1 aromatic heterocycles. The van der Waals surface area contributed by atoms with E-state index in [0.717, 1.165) is 13.0 Å². The molecule has 0 aliphatic heterocycles. The van der Waals surface area contributed by atoms with Gasteiger partial charge in [0.15, 0.2) is 0 Å². The Morgan fingerprint density at radius 1 is 1.25 bits per heavy atom. The van der Waals surface area contributed by atoms with Crippen molar-refractivity contribution in [2.24, 2.45) is 0 Å². The lowest BCUT2D eigenvalue weighted by Crippen LogP contribution is -2.27. The van der Waals surface area contributed by atoms with Crippen LogP contribution in [-0.2, 0) is 13.0 Å². The zero-order valence-electron chi connectivity index (χ0n) is 9.48. The standard InChI is InChI=1S/C13H17N3/c1-11(7-12-5-3-2-4-6-12)14-8-13-9-15-16-10-13/h2-6,9-11,14H,7-8H2,1H3,(H,15,16). The van der Waals surface area contributed by atoms with Gasteiger partial charge in [-0.2, -0.15) is 5.10 Å². The predicted octanol–water partition coefficient (Wildman–Crippen LogP) is 2.13. The SMILES string of the molecule is CC(Cc1ccccc1)NCc1cn[nH]c1. The molecule has 2 N–H and O–H groups in total. The van der Waals surface area contributed by atoms with Gasteiger partial charge in [0, 0.05) is 24.3 Å². The fraction of sp³-hybridized carbons (Fsp3) is 0.308. The van der Waals surface area contributed by atoms with Gasteiger partial charge in [-0.15, -0.1) is 0 Å². The van der Waals surface area contributed by atoms with E-state index in [2.05, 4.69) is 46.7 Å². The molecule has 0 saturated heterocycles. The first-order valence-electron chi connectivity index (χ1n) is 5.59. The third-order valence-corrected chi connectivity index (χ3v) is 2.59. The number of benzene rings is 1. The first-order valence-corrected chi connectivity index (χ1v) is 5.59. The Labute approximate surface area is 95.9 Å². The number of H-pyrrole nitrogens is 1. The summed E-state index contributed by atoms with van der Waals surface area (Å²) >= 11 is 0. The molecule has 0 aliphatic rings. The average Bonchev–Trinajstić information content (AvgIpc) is 2.81. The van der Waals surface area contributed by atoms with Crippen LogP contribution in [0.3, 0.4) is 0 Å². The fourth-order valence-corrected chi connectivity index (χ4v) is 1.71. The molecule has 0 saturated carbocycles. The van der Waals surface area contributed by atoms with Crippen LogP contribution in [0.15, 0.2) is 42.7 Å². The summed E-state index contributed by atoms with van der Waals surface area (Å²) in [5, 5.41) is 10.2. The minimum atomic E-state index is 0.470. The van der Waals surface area contributed by atoms with Crippen molar-refractivity contribution < 1.29 is 0 Å². The van der Waals surface area contributed by atoms with Crippen LogP contribution in [-0.4, -0.2) is 16.2 Å². The highest BCUT2D eigenvalue weighted by atomic mass is 15.1. The number of aromatic amines is 1. The van der Waals surface area contributed by atoms with Gasteiger partial charge in [0.2, 0.25) is 0 Å². The number of rotatable bonds is 5. The van der Waals surface area contributed by atoms with E-state index in [1.165, 1.54) is 11.1 Å². The summed E-state index contributed by atoms with van der Waals surface area (Å²) in [5.74, 6) is 0. The molecule has 1 unspecified atom stereocenters. The molecule has 0 amide bonds. The first-order chi connectivity index (χ1) is 7.84. The van der Waals surface area contributed by atoms with Crippen LogP contribution in [0.2, 0.25) is 0 Å². The van der Waals surface area contributed by atoms with Crippen LogP contribution in [0.4, 0.5) is 0 Å². The summed E-state index contributed by atoms with van der Waals surface area (Å²) in [6.45, 7) is 3.07. The summed E-state index contributed by atoms with van der Waals surface area (Å²) in [7, 11) is 0. The van der Waals surface area contributed by atoms with E-state index >= 15 is 0 Å². The van der Waals surface area contributed by atoms with Crippen LogP contribution in [0.5, 0.6) is 0 Å². The van der Waals surface area contributed by atoms with Crippen LogP contribution in [0, 0.1) is 0 Å². The molecule has 0 radical (unpaired) electrons. The number of hydrogen-bond acceptors (Lipinski definition) is 2. The molecule has 2 rings (SSSR count). The predicted molar refractivity (Wildman–Crippen MR) is 65.0 cm³/mol. The van der Waals surface area contributed by atoms with Gasteiger partial charge in [-0.3, -0.25) is 5.10 Å². The Hall–Kier alpha value is -1.61. The average molecular weight is 215 g/mol. The van der Waals surface area contributed by atoms with E-state index in [1.807, 2.05) is 18.5 Å². The quantitative estimate of drug-likeness (QED) is 0.802. The van der Waals surface area contributed by atoms with Crippen molar-refractivity contribution >= 4 is 0 Å². The zero-order chi connectivity index (χ0) is 11.2. The Kier molecular flexibility index (Phi) is 3.72. The van der Waals surface area contributed by atoms with Gasteiger partial charge in [-0.25, -0.2) is 0 Å². The van der Waals surface area contributed by atoms with Crippen molar-refractivity contribution in [3.63, 3.8) is 0 Å². The van der Waals surface area contributed by atoms with Crippen molar-refractivity contribution in [1.82, 2.24) is 15.5 Å². The number of nitrogens with zero attached hydrogens (tertiary/aromatic N) is 1. The molecule has 3 heteroatoms. The number of aromatic nitrogens is 2. The fourth-order valence-electron chi connectivity index (χ4n) is 1.71. The molecule has 1 aromatic carbocycles. The Morgan fingerprint density at radius 2 is 2.06 bits per heavy atom. The Balaban J connectivity index is 1.78. The second-order valence-electron chi connectivity index (χ2n) is 4.08. The molecular formula is C13H17N3. The number of nitrogens with one attached hydrogen (secondary N) is 2. The molecule has 0 aliphatic carbocycles. The Morgan fingerprint density at radius 3 is 2.75 bits per heavy atom. The second kappa shape index (κ2) is 5.47. The van der Waals surface area contributed by atoms with Gasteiger partial charge in [-0.05, 0) is 18.9 Å². The molecule has 3 nitrogen and oxygen atoms in total. The summed E-state index contributed by atoms with van der Waals surface area (Å²) in [6.07, 6.45) is 4.82. The van der Waals surface area contributed by atoms with Gasteiger partial charge in [0.25, 0.3) is 0 Å². The minimum Gasteiger partial charge on any atom is -0.310 e. The van der Waals surface area contributed by atoms with Gasteiger partial charge in [-0.1, -0.05) is 30.3 Å². The third-order valence-electron chi connectivity index (χ3n) is 2.59. The topological polar surface area (TPSA) is 40.7 Å². The molecule has 16 heavy (non-hydrogen) atoms. The van der Waals surface area contributed by atoms with Crippen molar-refractivity contribution in [2.75, 3.05) is 0 Å².